The van der Waals surface area contributed by atoms with E-state index in [1.165, 1.54) is 6.07 Å². The first-order chi connectivity index (χ1) is 31.1. The number of rotatable bonds is 6. The van der Waals surface area contributed by atoms with Gasteiger partial charge in [0, 0.05) is 38.4 Å². The average molecular weight is 724 g/mol. The molecule has 0 spiro atoms. The maximum Gasteiger partial charge on any atom is 0.238 e. The minimum Gasteiger partial charge on any atom is -0.309 e. The Balaban J connectivity index is 1.21. The number of nitrogens with zero attached hydrogens (tertiary/aromatic N) is 5. The summed E-state index contributed by atoms with van der Waals surface area (Å²) < 4.78 is 73.9. The zero-order chi connectivity index (χ0) is 44.0. The minimum atomic E-state index is -0.584. The number of aromatic nitrogens is 5. The van der Waals surface area contributed by atoms with Crippen LogP contribution in [0, 0.1) is 0 Å². The molecule has 5 heteroatoms. The highest BCUT2D eigenvalue weighted by Gasteiger charge is 2.21. The van der Waals surface area contributed by atoms with Crippen LogP contribution >= 0.6 is 0 Å². The van der Waals surface area contributed by atoms with Crippen LogP contribution in [0.1, 0.15) is 11.0 Å². The molecule has 0 saturated carbocycles. The number of fused-ring (bicyclic) bond motifs is 6. The van der Waals surface area contributed by atoms with Crippen molar-refractivity contribution in [3.05, 3.63) is 200 Å². The summed E-state index contributed by atoms with van der Waals surface area (Å²) >= 11 is 0. The van der Waals surface area contributed by atoms with Crippen LogP contribution in [0.3, 0.4) is 0 Å². The van der Waals surface area contributed by atoms with Gasteiger partial charge in [0.2, 0.25) is 5.95 Å². The van der Waals surface area contributed by atoms with Gasteiger partial charge in [0.1, 0.15) is 0 Å². The van der Waals surface area contributed by atoms with Gasteiger partial charge in [-0.1, -0.05) is 158 Å². The summed E-state index contributed by atoms with van der Waals surface area (Å²) in [5, 5.41) is 3.61. The lowest BCUT2D eigenvalue weighted by atomic mass is 10.0. The predicted molar refractivity (Wildman–Crippen MR) is 230 cm³/mol. The van der Waals surface area contributed by atoms with E-state index < -0.39 is 36.3 Å². The van der Waals surface area contributed by atoms with Crippen molar-refractivity contribution in [1.29, 1.82) is 0 Å². The molecule has 3 aromatic heterocycles. The molecule has 0 aliphatic heterocycles. The Morgan fingerprint density at radius 3 is 1.66 bits per heavy atom. The van der Waals surface area contributed by atoms with Gasteiger partial charge in [-0.2, -0.15) is 9.97 Å². The van der Waals surface area contributed by atoms with Crippen LogP contribution in [0.4, 0.5) is 0 Å². The van der Waals surface area contributed by atoms with Crippen molar-refractivity contribution in [3.8, 4) is 56.7 Å². The Kier molecular flexibility index (Phi) is 5.74. The summed E-state index contributed by atoms with van der Waals surface area (Å²) in [6.45, 7) is 0. The lowest BCUT2D eigenvalue weighted by Crippen LogP contribution is -2.06. The molecule has 0 bridgehead atoms. The number of benzene rings is 8. The Hall–Kier alpha value is -7.63. The first-order valence-electron chi connectivity index (χ1n) is 22.2. The van der Waals surface area contributed by atoms with Gasteiger partial charge in [0.25, 0.3) is 0 Å². The van der Waals surface area contributed by atoms with Crippen LogP contribution in [-0.4, -0.2) is 24.1 Å². The van der Waals surface area contributed by atoms with E-state index in [0.717, 1.165) is 54.8 Å². The SMILES string of the molecule is [2H]c1cc(-n2c3ccccc3c3cc4c5ccccc5n(-c5nc(-c6ccccc6)nc(-c6cccc(-c7ccccc7)c6)n5)c4cc32)c([2H])c(-c2c([2H])c([2H])c([2H])c([2H])c2[2H])c1[2H]. The normalized spacial score (nSPS) is 13.6. The van der Waals surface area contributed by atoms with E-state index in [-0.39, 0.29) is 28.9 Å². The van der Waals surface area contributed by atoms with Gasteiger partial charge in [0.05, 0.1) is 33.0 Å². The predicted octanol–water partition coefficient (Wildman–Crippen LogP) is 12.7. The maximum atomic E-state index is 9.65. The second kappa shape index (κ2) is 13.0. The van der Waals surface area contributed by atoms with Crippen LogP contribution in [-0.2, 0) is 0 Å². The fraction of sp³-hybridized carbons (Fsp3) is 0. The fourth-order valence-corrected chi connectivity index (χ4v) is 7.68. The molecule has 5 nitrogen and oxygen atoms in total. The molecule has 11 rings (SSSR count). The molecule has 0 fully saturated rings. The van der Waals surface area contributed by atoms with E-state index in [2.05, 4.69) is 36.4 Å². The quantitative estimate of drug-likeness (QED) is 0.172. The Morgan fingerprint density at radius 1 is 0.357 bits per heavy atom. The van der Waals surface area contributed by atoms with E-state index in [1.54, 1.807) is 0 Å². The Labute approximate surface area is 334 Å². The average Bonchev–Trinajstić information content (AvgIpc) is 3.84. The van der Waals surface area contributed by atoms with Crippen LogP contribution < -0.4 is 0 Å². The molecule has 3 heterocycles. The van der Waals surface area contributed by atoms with E-state index in [9.17, 15) is 1.37 Å². The monoisotopic (exact) mass is 723 g/mol. The molecule has 0 aliphatic rings. The Bertz CT molecular complexity index is 3690. The summed E-state index contributed by atoms with van der Waals surface area (Å²) in [6.07, 6.45) is 0. The van der Waals surface area contributed by atoms with E-state index in [0.29, 0.717) is 28.6 Å². The summed E-state index contributed by atoms with van der Waals surface area (Å²) in [5.74, 6) is 1.36. The molecule has 0 unspecified atom stereocenters. The van der Waals surface area contributed by atoms with Crippen molar-refractivity contribution < 1.29 is 11.0 Å². The number of hydrogen-bond acceptors (Lipinski definition) is 3. The zero-order valence-corrected chi connectivity index (χ0v) is 29.7. The molecule has 8 aromatic carbocycles. The second-order valence-corrected chi connectivity index (χ2v) is 13.5. The van der Waals surface area contributed by atoms with Crippen molar-refractivity contribution in [2.75, 3.05) is 0 Å². The van der Waals surface area contributed by atoms with E-state index in [4.69, 9.17) is 24.5 Å². The van der Waals surface area contributed by atoms with Gasteiger partial charge >= 0.3 is 0 Å². The van der Waals surface area contributed by atoms with Crippen LogP contribution in [0.15, 0.2) is 200 Å². The van der Waals surface area contributed by atoms with Gasteiger partial charge < -0.3 is 4.57 Å². The number of para-hydroxylation sites is 2. The maximum absolute atomic E-state index is 9.65. The smallest absolute Gasteiger partial charge is 0.238 e. The lowest BCUT2D eigenvalue weighted by molar-refractivity contribution is 0.953. The van der Waals surface area contributed by atoms with Crippen molar-refractivity contribution >= 4 is 43.6 Å². The molecule has 0 radical (unpaired) electrons. The molecule has 0 N–H and O–H groups in total. The van der Waals surface area contributed by atoms with Crippen LogP contribution in [0.25, 0.3) is 100 Å². The topological polar surface area (TPSA) is 48.5 Å². The van der Waals surface area contributed by atoms with Gasteiger partial charge in [-0.3, -0.25) is 4.57 Å². The first-order valence-corrected chi connectivity index (χ1v) is 18.2. The molecule has 0 amide bonds. The summed E-state index contributed by atoms with van der Waals surface area (Å²) in [4.78, 5) is 15.4. The first kappa shape index (κ1) is 24.6. The lowest BCUT2D eigenvalue weighted by Gasteiger charge is -2.12. The summed E-state index contributed by atoms with van der Waals surface area (Å²) in [5.41, 5.74) is 6.40. The van der Waals surface area contributed by atoms with E-state index in [1.807, 2.05) is 118 Å². The van der Waals surface area contributed by atoms with Gasteiger partial charge in [-0.05, 0) is 64.7 Å². The zero-order valence-electron chi connectivity index (χ0n) is 37.7. The standard InChI is InChI=1S/C51H33N5/c1-4-16-34(17-5-1)37-22-14-24-39(30-37)50-52-49(36-20-8-3-9-21-36)53-51(54-50)56-46-29-13-11-27-42(46)44-32-43-41-26-10-12-28-45(41)55(47(43)33-48(44)56)40-25-15-23-38(31-40)35-18-6-2-7-19-35/h1-33H/i2D,6D,7D,15D,18D,19D,23D,31D. The van der Waals surface area contributed by atoms with Crippen molar-refractivity contribution in [2.24, 2.45) is 0 Å². The molecule has 262 valence electrons. The molecule has 0 saturated heterocycles. The number of hydrogen-bond donors (Lipinski definition) is 0. The molecule has 11 aromatic rings. The third kappa shape index (κ3) is 5.29. The Morgan fingerprint density at radius 2 is 0.929 bits per heavy atom. The highest BCUT2D eigenvalue weighted by Crippen LogP contribution is 2.40. The van der Waals surface area contributed by atoms with Crippen molar-refractivity contribution in [2.45, 2.75) is 0 Å². The highest BCUT2D eigenvalue weighted by atomic mass is 15.2. The van der Waals surface area contributed by atoms with Crippen LogP contribution in [0.5, 0.6) is 0 Å². The largest absolute Gasteiger partial charge is 0.309 e. The molecule has 0 aliphatic carbocycles. The minimum absolute atomic E-state index is 0.211. The fourth-order valence-electron chi connectivity index (χ4n) is 7.68. The molecule has 56 heavy (non-hydrogen) atoms. The second-order valence-electron chi connectivity index (χ2n) is 13.5. The van der Waals surface area contributed by atoms with Gasteiger partial charge in [-0.15, -0.1) is 0 Å². The molecular formula is C51H33N5. The van der Waals surface area contributed by atoms with Gasteiger partial charge in [0.15, 0.2) is 11.6 Å². The third-order valence-electron chi connectivity index (χ3n) is 10.2. The summed E-state index contributed by atoms with van der Waals surface area (Å²) in [7, 11) is 0. The van der Waals surface area contributed by atoms with Crippen molar-refractivity contribution in [3.63, 3.8) is 0 Å². The van der Waals surface area contributed by atoms with E-state index >= 15 is 0 Å². The van der Waals surface area contributed by atoms with Crippen molar-refractivity contribution in [1.82, 2.24) is 24.1 Å². The third-order valence-corrected chi connectivity index (χ3v) is 10.2. The summed E-state index contributed by atoms with van der Waals surface area (Å²) in [6, 6.07) is 45.7. The van der Waals surface area contributed by atoms with Gasteiger partial charge in [-0.25, -0.2) is 4.98 Å². The highest BCUT2D eigenvalue weighted by molar-refractivity contribution is 6.19. The molecular weight excluding hydrogens is 683 g/mol. The van der Waals surface area contributed by atoms with Crippen LogP contribution in [0.2, 0.25) is 0 Å². The molecule has 0 atom stereocenters.